The van der Waals surface area contributed by atoms with Gasteiger partial charge in [0, 0.05) is 37.2 Å². The molecule has 0 aliphatic carbocycles. The minimum atomic E-state index is -0.452. The number of nitrogens with one attached hydrogen (secondary N) is 1. The van der Waals surface area contributed by atoms with Crippen LogP contribution in [0.25, 0.3) is 0 Å². The molecule has 2 aromatic carbocycles. The Kier molecular flexibility index (Phi) is 4.50. The Morgan fingerprint density at radius 3 is 2.59 bits per heavy atom. The molecule has 0 radical (unpaired) electrons. The molecule has 2 aromatic rings. The van der Waals surface area contributed by atoms with Crippen LogP contribution in [-0.2, 0) is 16.0 Å². The van der Waals surface area contributed by atoms with Crippen LogP contribution < -0.4 is 19.5 Å². The molecule has 1 atom stereocenters. The molecule has 1 fully saturated rings. The van der Waals surface area contributed by atoms with E-state index in [2.05, 4.69) is 5.32 Å². The third kappa shape index (κ3) is 3.48. The molecule has 7 nitrogen and oxygen atoms in total. The smallest absolute Gasteiger partial charge is 0.263 e. The fourth-order valence-corrected chi connectivity index (χ4v) is 4.10. The van der Waals surface area contributed by atoms with Crippen molar-refractivity contribution in [2.75, 3.05) is 25.2 Å². The maximum absolute atomic E-state index is 12.8. The first-order valence-electron chi connectivity index (χ1n) is 9.91. The van der Waals surface area contributed by atoms with Crippen molar-refractivity contribution in [1.82, 2.24) is 4.90 Å². The highest BCUT2D eigenvalue weighted by molar-refractivity contribution is 5.93. The number of carbonyl (C=O) groups excluding carboxylic acids is 2. The predicted octanol–water partition coefficient (Wildman–Crippen LogP) is 2.60. The van der Waals surface area contributed by atoms with Crippen molar-refractivity contribution in [1.29, 1.82) is 0 Å². The number of piperidine rings is 1. The normalized spacial score (nSPS) is 20.1. The van der Waals surface area contributed by atoms with Crippen molar-refractivity contribution in [3.05, 3.63) is 48.0 Å². The van der Waals surface area contributed by atoms with Crippen LogP contribution in [0.3, 0.4) is 0 Å². The van der Waals surface area contributed by atoms with Crippen LogP contribution in [0.15, 0.2) is 42.5 Å². The maximum Gasteiger partial charge on any atom is 0.263 e. The molecule has 0 aromatic heterocycles. The van der Waals surface area contributed by atoms with Gasteiger partial charge in [0.05, 0.1) is 0 Å². The van der Waals surface area contributed by atoms with E-state index >= 15 is 0 Å². The van der Waals surface area contributed by atoms with Crippen LogP contribution in [0.4, 0.5) is 5.69 Å². The van der Waals surface area contributed by atoms with E-state index in [0.717, 1.165) is 11.3 Å². The number of benzene rings is 2. The second-order valence-corrected chi connectivity index (χ2v) is 7.58. The van der Waals surface area contributed by atoms with Crippen molar-refractivity contribution < 1.29 is 23.8 Å². The number of carbonyl (C=O) groups is 2. The van der Waals surface area contributed by atoms with Gasteiger partial charge in [0.15, 0.2) is 17.6 Å². The van der Waals surface area contributed by atoms with Crippen molar-refractivity contribution in [3.8, 4) is 17.2 Å². The lowest BCUT2D eigenvalue weighted by Gasteiger charge is -2.32. The first kappa shape index (κ1) is 17.8. The summed E-state index contributed by atoms with van der Waals surface area (Å²) in [6, 6.07) is 13.1. The number of ether oxygens (including phenoxy) is 3. The van der Waals surface area contributed by atoms with Crippen molar-refractivity contribution in [2.24, 2.45) is 5.92 Å². The van der Waals surface area contributed by atoms with Gasteiger partial charge in [-0.25, -0.2) is 0 Å². The Labute approximate surface area is 168 Å². The zero-order valence-corrected chi connectivity index (χ0v) is 15.9. The topological polar surface area (TPSA) is 77.1 Å². The third-order valence-electron chi connectivity index (χ3n) is 5.74. The molecular formula is C22H22N2O5. The summed E-state index contributed by atoms with van der Waals surface area (Å²) in [5.41, 5.74) is 1.76. The number of hydrogen-bond donors (Lipinski definition) is 1. The van der Waals surface area contributed by atoms with E-state index in [1.807, 2.05) is 29.2 Å². The fourth-order valence-electron chi connectivity index (χ4n) is 4.10. The van der Waals surface area contributed by atoms with Crippen LogP contribution >= 0.6 is 0 Å². The number of hydrogen-bond acceptors (Lipinski definition) is 5. The molecule has 5 rings (SSSR count). The lowest BCUT2D eigenvalue weighted by molar-refractivity contribution is -0.140. The SMILES string of the molecule is O=C(Nc1ccc2c(c1)OCO2)C1CCN(C(=O)[C@@H]2Cc3ccccc3O2)CC1. The second-order valence-electron chi connectivity index (χ2n) is 7.58. The van der Waals surface area contributed by atoms with Crippen LogP contribution in [0, 0.1) is 5.92 Å². The summed E-state index contributed by atoms with van der Waals surface area (Å²) >= 11 is 0. The zero-order valence-electron chi connectivity index (χ0n) is 15.9. The number of fused-ring (bicyclic) bond motifs is 2. The van der Waals surface area contributed by atoms with Gasteiger partial charge in [0.2, 0.25) is 12.7 Å². The molecule has 7 heteroatoms. The van der Waals surface area contributed by atoms with Gasteiger partial charge in [0.1, 0.15) is 5.75 Å². The molecule has 1 saturated heterocycles. The highest BCUT2D eigenvalue weighted by Crippen LogP contribution is 2.35. The highest BCUT2D eigenvalue weighted by Gasteiger charge is 2.35. The largest absolute Gasteiger partial charge is 0.480 e. The van der Waals surface area contributed by atoms with Crippen molar-refractivity contribution >= 4 is 17.5 Å². The van der Waals surface area contributed by atoms with E-state index in [-0.39, 0.29) is 24.5 Å². The van der Waals surface area contributed by atoms with Gasteiger partial charge in [-0.05, 0) is 36.6 Å². The van der Waals surface area contributed by atoms with Crippen LogP contribution in [0.1, 0.15) is 18.4 Å². The number of nitrogens with zero attached hydrogens (tertiary/aromatic N) is 1. The van der Waals surface area contributed by atoms with Gasteiger partial charge >= 0.3 is 0 Å². The Balaban J connectivity index is 1.14. The number of anilines is 1. The fraction of sp³-hybridized carbons (Fsp3) is 0.364. The number of likely N-dealkylation sites (tertiary alicyclic amines) is 1. The minimum absolute atomic E-state index is 0.0100. The lowest BCUT2D eigenvalue weighted by atomic mass is 9.95. The van der Waals surface area contributed by atoms with E-state index < -0.39 is 6.10 Å². The van der Waals surface area contributed by atoms with E-state index in [0.29, 0.717) is 49.5 Å². The Bertz CT molecular complexity index is 927. The van der Waals surface area contributed by atoms with Crippen LogP contribution in [-0.4, -0.2) is 42.7 Å². The minimum Gasteiger partial charge on any atom is -0.480 e. The Hall–Kier alpha value is -3.22. The first-order valence-corrected chi connectivity index (χ1v) is 9.91. The van der Waals surface area contributed by atoms with Crippen molar-refractivity contribution in [2.45, 2.75) is 25.4 Å². The average molecular weight is 394 g/mol. The van der Waals surface area contributed by atoms with Gasteiger partial charge in [-0.3, -0.25) is 9.59 Å². The summed E-state index contributed by atoms with van der Waals surface area (Å²) in [7, 11) is 0. The van der Waals surface area contributed by atoms with Gasteiger partial charge < -0.3 is 24.4 Å². The standard InChI is InChI=1S/C22H22N2O5/c25-21(23-16-5-6-18-19(12-16)28-13-27-18)14-7-9-24(10-8-14)22(26)20-11-15-3-1-2-4-17(15)29-20/h1-6,12,14,20H,7-11,13H2,(H,23,25)/t20-/m0/s1. The number of para-hydroxylation sites is 1. The van der Waals surface area contributed by atoms with Gasteiger partial charge in [-0.15, -0.1) is 0 Å². The zero-order chi connectivity index (χ0) is 19.8. The predicted molar refractivity (Wildman–Crippen MR) is 105 cm³/mol. The molecule has 29 heavy (non-hydrogen) atoms. The van der Waals surface area contributed by atoms with Gasteiger partial charge in [0.25, 0.3) is 5.91 Å². The molecule has 0 bridgehead atoms. The van der Waals surface area contributed by atoms with Crippen LogP contribution in [0.2, 0.25) is 0 Å². The van der Waals surface area contributed by atoms with Gasteiger partial charge in [-0.2, -0.15) is 0 Å². The Morgan fingerprint density at radius 2 is 1.76 bits per heavy atom. The molecule has 0 saturated carbocycles. The molecule has 3 heterocycles. The van der Waals surface area contributed by atoms with Crippen LogP contribution in [0.5, 0.6) is 17.2 Å². The summed E-state index contributed by atoms with van der Waals surface area (Å²) < 4.78 is 16.5. The molecule has 1 N–H and O–H groups in total. The number of amides is 2. The Morgan fingerprint density at radius 1 is 0.966 bits per heavy atom. The molecule has 150 valence electrons. The van der Waals surface area contributed by atoms with E-state index in [1.165, 1.54) is 0 Å². The summed E-state index contributed by atoms with van der Waals surface area (Å²) in [6.45, 7) is 1.33. The molecule has 0 spiro atoms. The second kappa shape index (κ2) is 7.31. The summed E-state index contributed by atoms with van der Waals surface area (Å²) in [6.07, 6.45) is 1.44. The van der Waals surface area contributed by atoms with E-state index in [9.17, 15) is 9.59 Å². The van der Waals surface area contributed by atoms with Crippen molar-refractivity contribution in [3.63, 3.8) is 0 Å². The highest BCUT2D eigenvalue weighted by atomic mass is 16.7. The summed E-state index contributed by atoms with van der Waals surface area (Å²) in [5.74, 6) is 1.98. The molecule has 3 aliphatic heterocycles. The van der Waals surface area contributed by atoms with E-state index in [1.54, 1.807) is 18.2 Å². The van der Waals surface area contributed by atoms with Gasteiger partial charge in [-0.1, -0.05) is 18.2 Å². The molecular weight excluding hydrogens is 372 g/mol. The quantitative estimate of drug-likeness (QED) is 0.866. The van der Waals surface area contributed by atoms with E-state index in [4.69, 9.17) is 14.2 Å². The molecule has 2 amide bonds. The third-order valence-corrected chi connectivity index (χ3v) is 5.74. The molecule has 3 aliphatic rings. The summed E-state index contributed by atoms with van der Waals surface area (Å²) in [5, 5.41) is 2.95. The lowest BCUT2D eigenvalue weighted by Crippen LogP contribution is -2.46. The monoisotopic (exact) mass is 394 g/mol. The summed E-state index contributed by atoms with van der Waals surface area (Å²) in [4.78, 5) is 27.3. The average Bonchev–Trinajstić information content (AvgIpc) is 3.39. The molecule has 0 unspecified atom stereocenters. The first-order chi connectivity index (χ1) is 14.2. The number of rotatable bonds is 3. The maximum atomic E-state index is 12.8.